The highest BCUT2D eigenvalue weighted by molar-refractivity contribution is 9.09. The highest BCUT2D eigenvalue weighted by atomic mass is 79.9. The van der Waals surface area contributed by atoms with E-state index in [1.165, 1.54) is 16.8 Å². The van der Waals surface area contributed by atoms with Gasteiger partial charge in [-0.3, -0.25) is 4.68 Å². The number of alkyl halides is 1. The Morgan fingerprint density at radius 3 is 2.68 bits per heavy atom. The van der Waals surface area contributed by atoms with E-state index in [0.717, 1.165) is 24.0 Å². The summed E-state index contributed by atoms with van der Waals surface area (Å²) in [5.41, 5.74) is 5.15. The average molecular weight is 321 g/mol. The maximum atomic E-state index is 4.53. The molecule has 0 amide bonds. The Labute approximate surface area is 124 Å². The van der Waals surface area contributed by atoms with E-state index in [0.29, 0.717) is 5.92 Å². The zero-order valence-corrected chi connectivity index (χ0v) is 13.4. The second kappa shape index (κ2) is 6.38. The van der Waals surface area contributed by atoms with Crippen LogP contribution in [0.15, 0.2) is 30.3 Å². The molecule has 1 atom stereocenters. The summed E-state index contributed by atoms with van der Waals surface area (Å²) in [5.74, 6) is 0.501. The second-order valence-electron chi connectivity index (χ2n) is 5.06. The predicted molar refractivity (Wildman–Crippen MR) is 84.1 cm³/mol. The Kier molecular flexibility index (Phi) is 4.81. The lowest BCUT2D eigenvalue weighted by atomic mass is 9.95. The summed E-state index contributed by atoms with van der Waals surface area (Å²) >= 11 is 3.66. The number of hydrogen-bond acceptors (Lipinski definition) is 1. The van der Waals surface area contributed by atoms with Crippen LogP contribution in [0, 0.1) is 13.8 Å². The summed E-state index contributed by atoms with van der Waals surface area (Å²) in [6.07, 6.45) is 1.03. The molecule has 0 saturated carbocycles. The van der Waals surface area contributed by atoms with E-state index >= 15 is 0 Å². The molecule has 19 heavy (non-hydrogen) atoms. The minimum atomic E-state index is 0.501. The van der Waals surface area contributed by atoms with Crippen LogP contribution in [0.4, 0.5) is 0 Å². The lowest BCUT2D eigenvalue weighted by molar-refractivity contribution is 0.597. The summed E-state index contributed by atoms with van der Waals surface area (Å²) < 4.78 is 2.11. The fourth-order valence-electron chi connectivity index (χ4n) is 2.48. The molecule has 2 nitrogen and oxygen atoms in total. The van der Waals surface area contributed by atoms with Crippen molar-refractivity contribution in [2.75, 3.05) is 5.33 Å². The third-order valence-corrected chi connectivity index (χ3v) is 4.22. The van der Waals surface area contributed by atoms with Crippen molar-refractivity contribution in [3.8, 4) is 0 Å². The van der Waals surface area contributed by atoms with Crippen LogP contribution in [0.25, 0.3) is 0 Å². The smallest absolute Gasteiger partial charge is 0.0596 e. The Morgan fingerprint density at radius 1 is 1.26 bits per heavy atom. The summed E-state index contributed by atoms with van der Waals surface area (Å²) in [6, 6.07) is 11.0. The highest BCUT2D eigenvalue weighted by Gasteiger charge is 2.14. The molecule has 1 heterocycles. The molecule has 0 aliphatic rings. The topological polar surface area (TPSA) is 17.8 Å². The van der Waals surface area contributed by atoms with E-state index < -0.39 is 0 Å². The Morgan fingerprint density at radius 2 is 2.05 bits per heavy atom. The van der Waals surface area contributed by atoms with Crippen molar-refractivity contribution in [2.24, 2.45) is 0 Å². The van der Waals surface area contributed by atoms with Crippen molar-refractivity contribution in [1.29, 1.82) is 0 Å². The van der Waals surface area contributed by atoms with Crippen molar-refractivity contribution in [2.45, 2.75) is 39.7 Å². The molecule has 1 aromatic carbocycles. The lowest BCUT2D eigenvalue weighted by Crippen LogP contribution is -2.10. The third-order valence-electron chi connectivity index (χ3n) is 3.44. The van der Waals surface area contributed by atoms with E-state index in [2.05, 4.69) is 76.8 Å². The molecule has 0 radical (unpaired) electrons. The van der Waals surface area contributed by atoms with Crippen LogP contribution in [-0.4, -0.2) is 15.1 Å². The molecule has 102 valence electrons. The van der Waals surface area contributed by atoms with Gasteiger partial charge in [-0.2, -0.15) is 5.10 Å². The monoisotopic (exact) mass is 320 g/mol. The standard InChI is InChI=1S/C16H21BrN2/c1-4-19-16(9-13(3)18-19)10-15(11-17)14-7-5-6-12(2)8-14/h5-9,15H,4,10-11H2,1-3H3. The van der Waals surface area contributed by atoms with Crippen LogP contribution in [-0.2, 0) is 13.0 Å². The number of aromatic nitrogens is 2. The molecule has 1 unspecified atom stereocenters. The Bertz CT molecular complexity index is 545. The molecule has 0 saturated heterocycles. The summed E-state index contributed by atoms with van der Waals surface area (Å²) in [4.78, 5) is 0. The molecule has 0 bridgehead atoms. The third kappa shape index (κ3) is 3.47. The first-order valence-corrected chi connectivity index (χ1v) is 7.92. The van der Waals surface area contributed by atoms with Gasteiger partial charge in [-0.15, -0.1) is 0 Å². The quantitative estimate of drug-likeness (QED) is 0.753. The lowest BCUT2D eigenvalue weighted by Gasteiger charge is -2.16. The fraction of sp³-hybridized carbons (Fsp3) is 0.438. The second-order valence-corrected chi connectivity index (χ2v) is 5.71. The summed E-state index contributed by atoms with van der Waals surface area (Å²) in [6.45, 7) is 7.29. The molecule has 0 fully saturated rings. The Balaban J connectivity index is 2.23. The normalized spacial score (nSPS) is 12.6. The van der Waals surface area contributed by atoms with Gasteiger partial charge in [-0.25, -0.2) is 0 Å². The first-order valence-electron chi connectivity index (χ1n) is 6.80. The number of aryl methyl sites for hydroxylation is 3. The van der Waals surface area contributed by atoms with Gasteiger partial charge in [0, 0.05) is 17.6 Å². The van der Waals surface area contributed by atoms with E-state index in [-0.39, 0.29) is 0 Å². The summed E-state index contributed by atoms with van der Waals surface area (Å²) in [5, 5.41) is 5.51. The number of benzene rings is 1. The molecule has 0 aliphatic heterocycles. The van der Waals surface area contributed by atoms with Crippen LogP contribution >= 0.6 is 15.9 Å². The van der Waals surface area contributed by atoms with E-state index in [1.54, 1.807) is 0 Å². The molecular weight excluding hydrogens is 300 g/mol. The van der Waals surface area contributed by atoms with Gasteiger partial charge < -0.3 is 0 Å². The zero-order chi connectivity index (χ0) is 13.8. The molecule has 1 aromatic heterocycles. The maximum Gasteiger partial charge on any atom is 0.0596 e. The molecule has 3 heteroatoms. The molecule has 2 rings (SSSR count). The van der Waals surface area contributed by atoms with Crippen LogP contribution in [0.3, 0.4) is 0 Å². The first-order chi connectivity index (χ1) is 9.13. The van der Waals surface area contributed by atoms with Gasteiger partial charge in [-0.05, 0) is 44.7 Å². The SMILES string of the molecule is CCn1nc(C)cc1CC(CBr)c1cccc(C)c1. The largest absolute Gasteiger partial charge is 0.270 e. The number of nitrogens with zero attached hydrogens (tertiary/aromatic N) is 2. The van der Waals surface area contributed by atoms with E-state index in [9.17, 15) is 0 Å². The van der Waals surface area contributed by atoms with Gasteiger partial charge in [0.15, 0.2) is 0 Å². The molecule has 0 spiro atoms. The zero-order valence-electron chi connectivity index (χ0n) is 11.9. The van der Waals surface area contributed by atoms with Gasteiger partial charge in [-0.1, -0.05) is 45.8 Å². The van der Waals surface area contributed by atoms with Crippen molar-refractivity contribution < 1.29 is 0 Å². The fourth-order valence-corrected chi connectivity index (χ4v) is 3.08. The van der Waals surface area contributed by atoms with E-state index in [4.69, 9.17) is 0 Å². The van der Waals surface area contributed by atoms with Crippen molar-refractivity contribution in [3.05, 3.63) is 52.8 Å². The number of halogens is 1. The number of rotatable bonds is 5. The minimum absolute atomic E-state index is 0.501. The average Bonchev–Trinajstić information content (AvgIpc) is 2.76. The highest BCUT2D eigenvalue weighted by Crippen LogP contribution is 2.24. The maximum absolute atomic E-state index is 4.53. The predicted octanol–water partition coefficient (Wildman–Crippen LogP) is 4.24. The molecular formula is C16H21BrN2. The van der Waals surface area contributed by atoms with Crippen LogP contribution in [0.1, 0.15) is 35.4 Å². The van der Waals surface area contributed by atoms with Gasteiger partial charge in [0.05, 0.1) is 5.69 Å². The van der Waals surface area contributed by atoms with Crippen LogP contribution in [0.2, 0.25) is 0 Å². The van der Waals surface area contributed by atoms with Gasteiger partial charge >= 0.3 is 0 Å². The van der Waals surface area contributed by atoms with Gasteiger partial charge in [0.25, 0.3) is 0 Å². The van der Waals surface area contributed by atoms with Crippen molar-refractivity contribution in [1.82, 2.24) is 9.78 Å². The molecule has 2 aromatic rings. The van der Waals surface area contributed by atoms with Gasteiger partial charge in [0.1, 0.15) is 0 Å². The summed E-state index contributed by atoms with van der Waals surface area (Å²) in [7, 11) is 0. The van der Waals surface area contributed by atoms with Gasteiger partial charge in [0.2, 0.25) is 0 Å². The van der Waals surface area contributed by atoms with Crippen molar-refractivity contribution >= 4 is 15.9 Å². The van der Waals surface area contributed by atoms with Crippen LogP contribution in [0.5, 0.6) is 0 Å². The number of hydrogen-bond donors (Lipinski definition) is 0. The molecule has 0 N–H and O–H groups in total. The molecule has 0 aliphatic carbocycles. The van der Waals surface area contributed by atoms with Crippen LogP contribution < -0.4 is 0 Å². The van der Waals surface area contributed by atoms with E-state index in [1.807, 2.05) is 0 Å². The first kappa shape index (κ1) is 14.3. The Hall–Kier alpha value is -1.09. The minimum Gasteiger partial charge on any atom is -0.270 e. The van der Waals surface area contributed by atoms with Crippen molar-refractivity contribution in [3.63, 3.8) is 0 Å².